The van der Waals surface area contributed by atoms with Gasteiger partial charge in [-0.1, -0.05) is 12.1 Å². The van der Waals surface area contributed by atoms with Crippen molar-refractivity contribution in [3.8, 4) is 5.75 Å². The highest BCUT2D eigenvalue weighted by molar-refractivity contribution is 9.10. The Morgan fingerprint density at radius 2 is 2.00 bits per heavy atom. The molecule has 0 fully saturated rings. The second-order valence-electron chi connectivity index (χ2n) is 3.99. The summed E-state index contributed by atoms with van der Waals surface area (Å²) in [5.74, 6) is 0.689. The molecule has 0 radical (unpaired) electrons. The molecule has 1 rings (SSSR count). The lowest BCUT2D eigenvalue weighted by molar-refractivity contribution is 0.223. The maximum Gasteiger partial charge on any atom is 0.279 e. The molecule has 1 aromatic rings. The minimum Gasteiger partial charge on any atom is -0.488 e. The van der Waals surface area contributed by atoms with Gasteiger partial charge >= 0.3 is 0 Å². The third-order valence-electron chi connectivity index (χ3n) is 2.20. The lowest BCUT2D eigenvalue weighted by Gasteiger charge is -2.18. The molecule has 0 aliphatic rings. The molecule has 0 unspecified atom stereocenters. The Hall–Kier alpha value is -0.630. The SMILES string of the molecule is C[C@@H](CNS(=O)(=O)N(C)C)Oc1ccccc1Br. The van der Waals surface area contributed by atoms with Crippen molar-refractivity contribution < 1.29 is 13.2 Å². The maximum atomic E-state index is 11.5. The van der Waals surface area contributed by atoms with Crippen molar-refractivity contribution in [3.63, 3.8) is 0 Å². The molecule has 0 saturated carbocycles. The fourth-order valence-corrected chi connectivity index (χ4v) is 2.23. The van der Waals surface area contributed by atoms with Crippen LogP contribution in [0.2, 0.25) is 0 Å². The van der Waals surface area contributed by atoms with E-state index in [1.54, 1.807) is 6.92 Å². The average molecular weight is 337 g/mol. The number of rotatable bonds is 6. The van der Waals surface area contributed by atoms with Crippen LogP contribution < -0.4 is 9.46 Å². The van der Waals surface area contributed by atoms with E-state index in [9.17, 15) is 8.42 Å². The van der Waals surface area contributed by atoms with Gasteiger partial charge in [-0.05, 0) is 35.0 Å². The molecular weight excluding hydrogens is 320 g/mol. The number of ether oxygens (including phenoxy) is 1. The Morgan fingerprint density at radius 1 is 1.39 bits per heavy atom. The van der Waals surface area contributed by atoms with Crippen molar-refractivity contribution in [1.29, 1.82) is 0 Å². The van der Waals surface area contributed by atoms with Gasteiger partial charge in [0.25, 0.3) is 10.2 Å². The highest BCUT2D eigenvalue weighted by Crippen LogP contribution is 2.24. The third-order valence-corrected chi connectivity index (χ3v) is 4.35. The zero-order valence-electron chi connectivity index (χ0n) is 10.6. The summed E-state index contributed by atoms with van der Waals surface area (Å²) < 4.78 is 33.1. The Kier molecular flexibility index (Phi) is 5.58. The zero-order valence-corrected chi connectivity index (χ0v) is 13.0. The molecule has 0 aliphatic carbocycles. The Morgan fingerprint density at radius 3 is 2.56 bits per heavy atom. The summed E-state index contributed by atoms with van der Waals surface area (Å²) in [5.41, 5.74) is 0. The zero-order chi connectivity index (χ0) is 13.8. The molecule has 0 saturated heterocycles. The first-order chi connectivity index (χ1) is 8.33. The molecule has 1 N–H and O–H groups in total. The minimum absolute atomic E-state index is 0.210. The topological polar surface area (TPSA) is 58.6 Å². The van der Waals surface area contributed by atoms with Crippen LogP contribution in [0.3, 0.4) is 0 Å². The van der Waals surface area contributed by atoms with Gasteiger partial charge < -0.3 is 4.74 Å². The van der Waals surface area contributed by atoms with Crippen molar-refractivity contribution in [2.45, 2.75) is 13.0 Å². The number of benzene rings is 1. The number of halogens is 1. The normalized spacial score (nSPS) is 13.6. The molecule has 7 heteroatoms. The van der Waals surface area contributed by atoms with Crippen LogP contribution in [0, 0.1) is 0 Å². The van der Waals surface area contributed by atoms with Gasteiger partial charge in [-0.25, -0.2) is 0 Å². The molecule has 0 amide bonds. The third kappa shape index (κ3) is 4.56. The van der Waals surface area contributed by atoms with Crippen LogP contribution >= 0.6 is 15.9 Å². The molecule has 0 bridgehead atoms. The maximum absolute atomic E-state index is 11.5. The number of nitrogens with one attached hydrogen (secondary N) is 1. The number of hydrogen-bond acceptors (Lipinski definition) is 3. The molecule has 0 spiro atoms. The minimum atomic E-state index is -3.40. The van der Waals surface area contributed by atoms with Crippen LogP contribution in [0.25, 0.3) is 0 Å². The van der Waals surface area contributed by atoms with Crippen molar-refractivity contribution in [3.05, 3.63) is 28.7 Å². The second-order valence-corrected chi connectivity index (χ2v) is 6.82. The highest BCUT2D eigenvalue weighted by Gasteiger charge is 2.15. The van der Waals surface area contributed by atoms with Gasteiger partial charge in [-0.15, -0.1) is 0 Å². The lowest BCUT2D eigenvalue weighted by atomic mass is 10.3. The van der Waals surface area contributed by atoms with Gasteiger partial charge in [0.15, 0.2) is 0 Å². The van der Waals surface area contributed by atoms with E-state index in [1.165, 1.54) is 14.1 Å². The smallest absolute Gasteiger partial charge is 0.279 e. The van der Waals surface area contributed by atoms with Gasteiger partial charge in [0, 0.05) is 20.6 Å². The van der Waals surface area contributed by atoms with E-state index in [-0.39, 0.29) is 12.6 Å². The fraction of sp³-hybridized carbons (Fsp3) is 0.455. The van der Waals surface area contributed by atoms with Crippen molar-refractivity contribution in [2.24, 2.45) is 0 Å². The van der Waals surface area contributed by atoms with E-state index >= 15 is 0 Å². The van der Waals surface area contributed by atoms with E-state index in [0.29, 0.717) is 5.75 Å². The van der Waals surface area contributed by atoms with Crippen LogP contribution in [0.5, 0.6) is 5.75 Å². The van der Waals surface area contributed by atoms with Crippen molar-refractivity contribution >= 4 is 26.1 Å². The molecule has 0 heterocycles. The van der Waals surface area contributed by atoms with Crippen LogP contribution in [0.1, 0.15) is 6.92 Å². The summed E-state index contributed by atoms with van der Waals surface area (Å²) >= 11 is 3.37. The number of nitrogens with zero attached hydrogens (tertiary/aromatic N) is 1. The first-order valence-corrected chi connectivity index (χ1v) is 7.64. The van der Waals surface area contributed by atoms with Gasteiger partial charge in [-0.3, -0.25) is 0 Å². The van der Waals surface area contributed by atoms with Crippen LogP contribution in [-0.2, 0) is 10.2 Å². The number of para-hydroxylation sites is 1. The Balaban J connectivity index is 2.53. The predicted octanol–water partition coefficient (Wildman–Crippen LogP) is 1.61. The summed E-state index contributed by atoms with van der Waals surface area (Å²) in [4.78, 5) is 0. The van der Waals surface area contributed by atoms with Crippen LogP contribution in [-0.4, -0.2) is 39.5 Å². The largest absolute Gasteiger partial charge is 0.488 e. The van der Waals surface area contributed by atoms with Crippen LogP contribution in [0.15, 0.2) is 28.7 Å². The number of hydrogen-bond donors (Lipinski definition) is 1. The van der Waals surface area contributed by atoms with E-state index in [4.69, 9.17) is 4.74 Å². The summed E-state index contributed by atoms with van der Waals surface area (Å²) in [6.07, 6.45) is -0.265. The van der Waals surface area contributed by atoms with Crippen LogP contribution in [0.4, 0.5) is 0 Å². The molecule has 102 valence electrons. The first-order valence-electron chi connectivity index (χ1n) is 5.41. The summed E-state index contributed by atoms with van der Waals surface area (Å²) in [7, 11) is -0.456. The quantitative estimate of drug-likeness (QED) is 0.858. The lowest BCUT2D eigenvalue weighted by Crippen LogP contribution is -2.40. The molecule has 0 aromatic heterocycles. The molecule has 0 aliphatic heterocycles. The molecule has 18 heavy (non-hydrogen) atoms. The predicted molar refractivity (Wildman–Crippen MR) is 74.8 cm³/mol. The second kappa shape index (κ2) is 6.51. The van der Waals surface area contributed by atoms with Gasteiger partial charge in [0.05, 0.1) is 4.47 Å². The highest BCUT2D eigenvalue weighted by atomic mass is 79.9. The van der Waals surface area contributed by atoms with E-state index in [1.807, 2.05) is 24.3 Å². The van der Waals surface area contributed by atoms with E-state index < -0.39 is 10.2 Å². The standard InChI is InChI=1S/C11H17BrN2O3S/c1-9(8-13-18(15,16)14(2)3)17-11-7-5-4-6-10(11)12/h4-7,9,13H,8H2,1-3H3/t9-/m0/s1. The van der Waals surface area contributed by atoms with Gasteiger partial charge in [0.2, 0.25) is 0 Å². The molecular formula is C11H17BrN2O3S. The summed E-state index contributed by atoms with van der Waals surface area (Å²) in [6, 6.07) is 7.43. The fourth-order valence-electron chi connectivity index (χ4n) is 1.15. The van der Waals surface area contributed by atoms with Crippen molar-refractivity contribution in [2.75, 3.05) is 20.6 Å². The first kappa shape index (κ1) is 15.4. The summed E-state index contributed by atoms with van der Waals surface area (Å²) in [6.45, 7) is 2.01. The van der Waals surface area contributed by atoms with Crippen molar-refractivity contribution in [1.82, 2.24) is 9.03 Å². The average Bonchev–Trinajstić information content (AvgIpc) is 2.29. The van der Waals surface area contributed by atoms with Gasteiger partial charge in [-0.2, -0.15) is 17.4 Å². The van der Waals surface area contributed by atoms with E-state index in [0.717, 1.165) is 8.78 Å². The Bertz CT molecular complexity index is 491. The molecule has 1 atom stereocenters. The Labute approximate surface area is 116 Å². The van der Waals surface area contributed by atoms with Gasteiger partial charge in [0.1, 0.15) is 11.9 Å². The van der Waals surface area contributed by atoms with E-state index in [2.05, 4.69) is 20.7 Å². The monoisotopic (exact) mass is 336 g/mol. The molecule has 1 aromatic carbocycles. The molecule has 5 nitrogen and oxygen atoms in total. The summed E-state index contributed by atoms with van der Waals surface area (Å²) in [5, 5.41) is 0.